The first kappa shape index (κ1) is 22.8. The van der Waals surface area contributed by atoms with Gasteiger partial charge in [0.1, 0.15) is 0 Å². The first-order valence-electron chi connectivity index (χ1n) is 11.1. The van der Waals surface area contributed by atoms with Gasteiger partial charge < -0.3 is 19.1 Å². The molecule has 0 unspecified atom stereocenters. The van der Waals surface area contributed by atoms with E-state index in [1.165, 1.54) is 0 Å². The van der Waals surface area contributed by atoms with E-state index < -0.39 is 5.97 Å². The van der Waals surface area contributed by atoms with E-state index in [1.54, 1.807) is 17.0 Å². The summed E-state index contributed by atoms with van der Waals surface area (Å²) in [7, 11) is 0. The van der Waals surface area contributed by atoms with E-state index in [2.05, 4.69) is 4.90 Å². The number of nitrogens with zero attached hydrogens (tertiary/aromatic N) is 2. The molecule has 2 aromatic rings. The van der Waals surface area contributed by atoms with Crippen LogP contribution in [-0.2, 0) is 20.9 Å². The summed E-state index contributed by atoms with van der Waals surface area (Å²) in [6, 6.07) is 13.1. The number of hydrogen-bond donors (Lipinski definition) is 0. The van der Waals surface area contributed by atoms with Gasteiger partial charge in [-0.15, -0.1) is 0 Å². The molecule has 174 valence electrons. The highest BCUT2D eigenvalue weighted by molar-refractivity contribution is 5.97. The molecule has 33 heavy (non-hydrogen) atoms. The van der Waals surface area contributed by atoms with E-state index >= 15 is 0 Å². The zero-order chi connectivity index (χ0) is 23.2. The van der Waals surface area contributed by atoms with Gasteiger partial charge in [-0.25, -0.2) is 0 Å². The number of ketones is 1. The van der Waals surface area contributed by atoms with Crippen molar-refractivity contribution >= 4 is 17.7 Å². The monoisotopic (exact) mass is 452 g/mol. The first-order chi connectivity index (χ1) is 16.0. The van der Waals surface area contributed by atoms with Crippen molar-refractivity contribution in [3.8, 4) is 11.5 Å². The lowest BCUT2D eigenvalue weighted by Gasteiger charge is -2.34. The van der Waals surface area contributed by atoms with Crippen LogP contribution < -0.4 is 9.47 Å². The minimum absolute atomic E-state index is 0.0384. The smallest absolute Gasteiger partial charge is 0.306 e. The fourth-order valence-corrected chi connectivity index (χ4v) is 3.86. The maximum Gasteiger partial charge on any atom is 0.306 e. The largest absolute Gasteiger partial charge is 0.456 e. The van der Waals surface area contributed by atoms with E-state index in [0.717, 1.165) is 42.3 Å². The van der Waals surface area contributed by atoms with Gasteiger partial charge in [0, 0.05) is 44.7 Å². The second kappa shape index (κ2) is 10.5. The second-order valence-electron chi connectivity index (χ2n) is 8.29. The van der Waals surface area contributed by atoms with Crippen molar-refractivity contribution in [3.63, 3.8) is 0 Å². The van der Waals surface area contributed by atoms with Crippen LogP contribution in [0.25, 0.3) is 0 Å². The number of aryl methyl sites for hydroxylation is 1. The third-order valence-electron chi connectivity index (χ3n) is 5.85. The quantitative estimate of drug-likeness (QED) is 0.450. The Hall–Kier alpha value is -3.39. The molecule has 2 aliphatic rings. The van der Waals surface area contributed by atoms with E-state index in [0.29, 0.717) is 18.7 Å². The molecule has 0 aliphatic carbocycles. The average Bonchev–Trinajstić information content (AvgIpc) is 3.30. The van der Waals surface area contributed by atoms with Crippen molar-refractivity contribution in [1.82, 2.24) is 9.80 Å². The number of Topliss-reactive ketones (excluding diaryl/α,β-unsaturated/α-hetero) is 1. The minimum atomic E-state index is -0.537. The van der Waals surface area contributed by atoms with Crippen LogP contribution in [0.3, 0.4) is 0 Å². The maximum absolute atomic E-state index is 12.4. The second-order valence-corrected chi connectivity index (χ2v) is 8.29. The summed E-state index contributed by atoms with van der Waals surface area (Å²) in [5, 5.41) is 0. The molecular formula is C25H28N2O6. The number of ether oxygens (including phenoxy) is 3. The van der Waals surface area contributed by atoms with Crippen LogP contribution in [0, 0.1) is 6.92 Å². The molecule has 0 bridgehead atoms. The molecule has 1 saturated heterocycles. The molecule has 8 heteroatoms. The first-order valence-corrected chi connectivity index (χ1v) is 11.1. The zero-order valence-electron chi connectivity index (χ0n) is 18.7. The Bertz CT molecular complexity index is 1010. The summed E-state index contributed by atoms with van der Waals surface area (Å²) in [6.07, 6.45) is 0.0257. The summed E-state index contributed by atoms with van der Waals surface area (Å²) in [6.45, 7) is 5.30. The molecule has 1 amide bonds. The van der Waals surface area contributed by atoms with Crippen LogP contribution in [0.2, 0.25) is 0 Å². The Balaban J connectivity index is 1.14. The van der Waals surface area contributed by atoms with Crippen LogP contribution in [0.15, 0.2) is 42.5 Å². The molecule has 2 heterocycles. The number of amides is 1. The van der Waals surface area contributed by atoms with Crippen molar-refractivity contribution in [1.29, 1.82) is 0 Å². The van der Waals surface area contributed by atoms with Crippen molar-refractivity contribution < 1.29 is 28.6 Å². The summed E-state index contributed by atoms with van der Waals surface area (Å²) in [5.41, 5.74) is 2.77. The van der Waals surface area contributed by atoms with Gasteiger partial charge in [-0.2, -0.15) is 0 Å². The molecule has 4 rings (SSSR count). The van der Waals surface area contributed by atoms with Gasteiger partial charge in [0.15, 0.2) is 23.9 Å². The molecule has 2 aliphatic heterocycles. The topological polar surface area (TPSA) is 85.4 Å². The average molecular weight is 453 g/mol. The molecule has 0 aromatic heterocycles. The Kier molecular flexibility index (Phi) is 7.24. The molecule has 2 aromatic carbocycles. The van der Waals surface area contributed by atoms with Crippen molar-refractivity contribution in [2.45, 2.75) is 26.3 Å². The number of piperazine rings is 1. The fourth-order valence-electron chi connectivity index (χ4n) is 3.86. The number of fused-ring (bicyclic) bond motifs is 1. The van der Waals surface area contributed by atoms with E-state index in [4.69, 9.17) is 14.2 Å². The summed E-state index contributed by atoms with van der Waals surface area (Å²) < 4.78 is 15.9. The van der Waals surface area contributed by atoms with Gasteiger partial charge in [-0.05, 0) is 24.6 Å². The minimum Gasteiger partial charge on any atom is -0.456 e. The lowest BCUT2D eigenvalue weighted by molar-refractivity contribution is -0.152. The number of benzene rings is 2. The molecule has 0 atom stereocenters. The SMILES string of the molecule is Cc1ccc(C(=O)CCC(=O)OCC(=O)N2CCN(Cc3ccc4c(c3)OCO4)CC2)cc1. The normalized spacial score (nSPS) is 15.4. The highest BCUT2D eigenvalue weighted by Crippen LogP contribution is 2.32. The molecule has 0 radical (unpaired) electrons. The third-order valence-corrected chi connectivity index (χ3v) is 5.85. The van der Waals surface area contributed by atoms with Gasteiger partial charge in [-0.1, -0.05) is 35.9 Å². The Morgan fingerprint density at radius 3 is 2.39 bits per heavy atom. The lowest BCUT2D eigenvalue weighted by atomic mass is 10.1. The maximum atomic E-state index is 12.4. The number of carbonyl (C=O) groups is 3. The predicted molar refractivity (Wildman–Crippen MR) is 120 cm³/mol. The van der Waals surface area contributed by atoms with Gasteiger partial charge >= 0.3 is 5.97 Å². The highest BCUT2D eigenvalue weighted by Gasteiger charge is 2.23. The fraction of sp³-hybridized carbons (Fsp3) is 0.400. The number of esters is 1. The predicted octanol–water partition coefficient (Wildman–Crippen LogP) is 2.57. The standard InChI is InChI=1S/C25H28N2O6/c1-18-2-5-20(6-3-18)21(28)7-9-25(30)31-16-24(29)27-12-10-26(11-13-27)15-19-4-8-22-23(14-19)33-17-32-22/h2-6,8,14H,7,9-13,15-17H2,1H3. The van der Waals surface area contributed by atoms with Crippen LogP contribution >= 0.6 is 0 Å². The molecular weight excluding hydrogens is 424 g/mol. The lowest BCUT2D eigenvalue weighted by Crippen LogP contribution is -2.49. The molecule has 0 saturated carbocycles. The summed E-state index contributed by atoms with van der Waals surface area (Å²) in [4.78, 5) is 40.5. The summed E-state index contributed by atoms with van der Waals surface area (Å²) in [5.74, 6) is 0.671. The molecule has 0 spiro atoms. The van der Waals surface area contributed by atoms with E-state index in [9.17, 15) is 14.4 Å². The Labute approximate surface area is 193 Å². The molecule has 8 nitrogen and oxygen atoms in total. The zero-order valence-corrected chi connectivity index (χ0v) is 18.7. The van der Waals surface area contributed by atoms with Crippen molar-refractivity contribution in [2.75, 3.05) is 39.6 Å². The highest BCUT2D eigenvalue weighted by atomic mass is 16.7. The van der Waals surface area contributed by atoms with Crippen LogP contribution in [0.1, 0.15) is 34.3 Å². The Morgan fingerprint density at radius 2 is 1.64 bits per heavy atom. The van der Waals surface area contributed by atoms with Crippen molar-refractivity contribution in [2.24, 2.45) is 0 Å². The Morgan fingerprint density at radius 1 is 0.909 bits per heavy atom. The third kappa shape index (κ3) is 6.10. The van der Waals surface area contributed by atoms with E-state index in [-0.39, 0.29) is 37.9 Å². The van der Waals surface area contributed by atoms with Crippen LogP contribution in [0.5, 0.6) is 11.5 Å². The van der Waals surface area contributed by atoms with Gasteiger partial charge in [0.2, 0.25) is 6.79 Å². The molecule has 0 N–H and O–H groups in total. The van der Waals surface area contributed by atoms with E-state index in [1.807, 2.05) is 37.3 Å². The summed E-state index contributed by atoms with van der Waals surface area (Å²) >= 11 is 0. The number of hydrogen-bond acceptors (Lipinski definition) is 7. The number of carbonyl (C=O) groups excluding carboxylic acids is 3. The van der Waals surface area contributed by atoms with Crippen LogP contribution in [-0.4, -0.2) is 67.0 Å². The number of rotatable bonds is 8. The van der Waals surface area contributed by atoms with Crippen LogP contribution in [0.4, 0.5) is 0 Å². The van der Waals surface area contributed by atoms with Gasteiger partial charge in [0.25, 0.3) is 5.91 Å². The van der Waals surface area contributed by atoms with Crippen molar-refractivity contribution in [3.05, 3.63) is 59.2 Å². The van der Waals surface area contributed by atoms with Gasteiger partial charge in [0.05, 0.1) is 6.42 Å². The molecule has 1 fully saturated rings. The van der Waals surface area contributed by atoms with Gasteiger partial charge in [-0.3, -0.25) is 19.3 Å².